The molecule has 0 aromatic rings. The molecule has 0 N–H and O–H groups in total. The van der Waals surface area contributed by atoms with Crippen molar-refractivity contribution >= 4 is 17.9 Å². The molecule has 0 rings (SSSR count). The Hall–Kier alpha value is -1.85. The van der Waals surface area contributed by atoms with Crippen molar-refractivity contribution in [2.24, 2.45) is 0 Å². The zero-order valence-electron chi connectivity index (χ0n) is 39.8. The molecule has 0 aromatic heterocycles. The van der Waals surface area contributed by atoms with Crippen molar-refractivity contribution in [2.75, 3.05) is 13.2 Å². The second-order valence-electron chi connectivity index (χ2n) is 17.8. The van der Waals surface area contributed by atoms with Crippen molar-refractivity contribution in [1.29, 1.82) is 0 Å². The van der Waals surface area contributed by atoms with Gasteiger partial charge >= 0.3 is 17.9 Å². The van der Waals surface area contributed by atoms with Crippen LogP contribution in [0.15, 0.2) is 12.2 Å². The van der Waals surface area contributed by atoms with Crippen LogP contribution >= 0.6 is 0 Å². The molecular weight excluding hydrogens is 733 g/mol. The molecule has 1 atom stereocenters. The van der Waals surface area contributed by atoms with Crippen LogP contribution in [0, 0.1) is 0 Å². The monoisotopic (exact) mass is 833 g/mol. The lowest BCUT2D eigenvalue weighted by Crippen LogP contribution is -2.30. The lowest BCUT2D eigenvalue weighted by molar-refractivity contribution is -0.167. The molecule has 1 unspecified atom stereocenters. The van der Waals surface area contributed by atoms with Crippen LogP contribution in [0.5, 0.6) is 0 Å². The van der Waals surface area contributed by atoms with Gasteiger partial charge in [-0.25, -0.2) is 0 Å². The van der Waals surface area contributed by atoms with E-state index in [0.29, 0.717) is 19.3 Å². The fourth-order valence-corrected chi connectivity index (χ4v) is 7.78. The molecule has 0 bridgehead atoms. The molecule has 0 saturated heterocycles. The predicted molar refractivity (Wildman–Crippen MR) is 252 cm³/mol. The average molecular weight is 833 g/mol. The van der Waals surface area contributed by atoms with Gasteiger partial charge in [-0.1, -0.05) is 245 Å². The average Bonchev–Trinajstić information content (AvgIpc) is 3.23. The fourth-order valence-electron chi connectivity index (χ4n) is 7.78. The Morgan fingerprint density at radius 1 is 0.322 bits per heavy atom. The third-order valence-electron chi connectivity index (χ3n) is 11.8. The van der Waals surface area contributed by atoms with Gasteiger partial charge in [-0.15, -0.1) is 0 Å². The highest BCUT2D eigenvalue weighted by atomic mass is 16.6. The van der Waals surface area contributed by atoms with E-state index in [4.69, 9.17) is 14.2 Å². The summed E-state index contributed by atoms with van der Waals surface area (Å²) < 4.78 is 16.7. The van der Waals surface area contributed by atoms with E-state index in [9.17, 15) is 14.4 Å². The van der Waals surface area contributed by atoms with Gasteiger partial charge in [0.2, 0.25) is 0 Å². The highest BCUT2D eigenvalue weighted by molar-refractivity contribution is 5.71. The number of hydrogen-bond donors (Lipinski definition) is 0. The van der Waals surface area contributed by atoms with Gasteiger partial charge in [-0.2, -0.15) is 0 Å². The summed E-state index contributed by atoms with van der Waals surface area (Å²) in [4.78, 5) is 37.6. The molecule has 0 aliphatic carbocycles. The molecule has 0 amide bonds. The molecule has 0 radical (unpaired) electrons. The first-order valence-corrected chi connectivity index (χ1v) is 26.2. The first kappa shape index (κ1) is 57.1. The number of hydrogen-bond acceptors (Lipinski definition) is 6. The first-order chi connectivity index (χ1) is 29.0. The number of unbranched alkanes of at least 4 members (excludes halogenated alkanes) is 35. The standard InChI is InChI=1S/C53H100O6/c1-4-7-10-13-16-18-20-21-22-23-24-25-26-27-28-29-30-31-32-34-35-37-40-43-46-52(55)58-49-50(48-57-51(54)45-42-39-15-12-9-6-3)59-53(56)47-44-41-38-36-33-19-17-14-11-8-5-2/h14,17,50H,4-13,15-16,18-49H2,1-3H3/b17-14-. The van der Waals surface area contributed by atoms with E-state index < -0.39 is 6.10 Å². The van der Waals surface area contributed by atoms with Gasteiger partial charge in [-0.05, 0) is 38.5 Å². The number of esters is 3. The van der Waals surface area contributed by atoms with Crippen LogP contribution in [0.2, 0.25) is 0 Å². The van der Waals surface area contributed by atoms with Crippen LogP contribution in [0.4, 0.5) is 0 Å². The summed E-state index contributed by atoms with van der Waals surface area (Å²) in [6.45, 7) is 6.56. The molecule has 6 heteroatoms. The Labute approximate surface area is 367 Å². The SMILES string of the molecule is CCCC/C=C\CCCCCCCC(=O)OC(COC(=O)CCCCCCCC)COC(=O)CCCCCCCCCCCCCCCCCCCCCCCCCC. The Morgan fingerprint density at radius 3 is 0.898 bits per heavy atom. The van der Waals surface area contributed by atoms with Crippen LogP contribution in [0.25, 0.3) is 0 Å². The minimum Gasteiger partial charge on any atom is -0.462 e. The molecule has 0 aliphatic heterocycles. The summed E-state index contributed by atoms with van der Waals surface area (Å²) in [6.07, 6.45) is 53.8. The van der Waals surface area contributed by atoms with E-state index in [1.807, 2.05) is 0 Å². The lowest BCUT2D eigenvalue weighted by atomic mass is 10.0. The number of carbonyl (C=O) groups excluding carboxylic acids is 3. The molecular formula is C53H100O6. The van der Waals surface area contributed by atoms with Crippen molar-refractivity contribution in [3.8, 4) is 0 Å². The maximum absolute atomic E-state index is 12.7. The van der Waals surface area contributed by atoms with Crippen LogP contribution in [0.1, 0.15) is 290 Å². The third-order valence-corrected chi connectivity index (χ3v) is 11.8. The molecule has 348 valence electrons. The topological polar surface area (TPSA) is 78.9 Å². The summed E-state index contributed by atoms with van der Waals surface area (Å²) in [5.74, 6) is -0.876. The Bertz CT molecular complexity index is 916. The molecule has 0 spiro atoms. The van der Waals surface area contributed by atoms with Crippen molar-refractivity contribution in [3.63, 3.8) is 0 Å². The Kier molecular flexibility index (Phi) is 47.3. The summed E-state index contributed by atoms with van der Waals surface area (Å²) >= 11 is 0. The van der Waals surface area contributed by atoms with E-state index in [2.05, 4.69) is 32.9 Å². The second kappa shape index (κ2) is 48.8. The van der Waals surface area contributed by atoms with Crippen LogP contribution in [-0.4, -0.2) is 37.2 Å². The van der Waals surface area contributed by atoms with Crippen LogP contribution in [0.3, 0.4) is 0 Å². The highest BCUT2D eigenvalue weighted by Crippen LogP contribution is 2.17. The van der Waals surface area contributed by atoms with Gasteiger partial charge in [0.05, 0.1) is 0 Å². The quantitative estimate of drug-likeness (QED) is 0.0263. The van der Waals surface area contributed by atoms with Gasteiger partial charge < -0.3 is 14.2 Å². The molecule has 0 fully saturated rings. The summed E-state index contributed by atoms with van der Waals surface area (Å²) in [6, 6.07) is 0. The van der Waals surface area contributed by atoms with Crippen molar-refractivity contribution in [3.05, 3.63) is 12.2 Å². The molecule has 0 saturated carbocycles. The largest absolute Gasteiger partial charge is 0.462 e. The maximum atomic E-state index is 12.7. The lowest BCUT2D eigenvalue weighted by Gasteiger charge is -2.18. The summed E-state index contributed by atoms with van der Waals surface area (Å²) in [5.41, 5.74) is 0. The van der Waals surface area contributed by atoms with Gasteiger partial charge in [0.25, 0.3) is 0 Å². The van der Waals surface area contributed by atoms with Gasteiger partial charge in [0, 0.05) is 19.3 Å². The molecule has 59 heavy (non-hydrogen) atoms. The minimum absolute atomic E-state index is 0.0694. The molecule has 0 aromatic carbocycles. The van der Waals surface area contributed by atoms with Crippen LogP contribution in [-0.2, 0) is 28.6 Å². The van der Waals surface area contributed by atoms with Gasteiger partial charge in [-0.3, -0.25) is 14.4 Å². The number of rotatable bonds is 48. The predicted octanol–water partition coefficient (Wildman–Crippen LogP) is 17.0. The third kappa shape index (κ3) is 47.1. The Morgan fingerprint density at radius 2 is 0.576 bits per heavy atom. The van der Waals surface area contributed by atoms with E-state index in [0.717, 1.165) is 64.2 Å². The molecule has 6 nitrogen and oxygen atoms in total. The number of allylic oxidation sites excluding steroid dienone is 2. The highest BCUT2D eigenvalue weighted by Gasteiger charge is 2.19. The van der Waals surface area contributed by atoms with Gasteiger partial charge in [0.1, 0.15) is 13.2 Å². The first-order valence-electron chi connectivity index (χ1n) is 26.2. The van der Waals surface area contributed by atoms with Gasteiger partial charge in [0.15, 0.2) is 6.10 Å². The normalized spacial score (nSPS) is 12.0. The van der Waals surface area contributed by atoms with Crippen molar-refractivity contribution in [2.45, 2.75) is 297 Å². The van der Waals surface area contributed by atoms with E-state index in [1.54, 1.807) is 0 Å². The Balaban J connectivity index is 4.02. The van der Waals surface area contributed by atoms with Crippen molar-refractivity contribution in [1.82, 2.24) is 0 Å². The zero-order chi connectivity index (χ0) is 43.0. The van der Waals surface area contributed by atoms with E-state index in [-0.39, 0.29) is 31.1 Å². The second-order valence-corrected chi connectivity index (χ2v) is 17.8. The molecule has 0 aliphatic rings. The zero-order valence-corrected chi connectivity index (χ0v) is 39.8. The summed E-state index contributed by atoms with van der Waals surface area (Å²) in [5, 5.41) is 0. The van der Waals surface area contributed by atoms with Crippen LogP contribution < -0.4 is 0 Å². The van der Waals surface area contributed by atoms with E-state index >= 15 is 0 Å². The number of ether oxygens (including phenoxy) is 3. The summed E-state index contributed by atoms with van der Waals surface area (Å²) in [7, 11) is 0. The number of carbonyl (C=O) groups is 3. The fraction of sp³-hybridized carbons (Fsp3) is 0.906. The minimum atomic E-state index is -0.765. The smallest absolute Gasteiger partial charge is 0.306 e. The molecule has 0 heterocycles. The maximum Gasteiger partial charge on any atom is 0.306 e. The van der Waals surface area contributed by atoms with E-state index in [1.165, 1.54) is 186 Å². The van der Waals surface area contributed by atoms with Crippen molar-refractivity contribution < 1.29 is 28.6 Å².